The number of benzene rings is 2. The first-order valence-corrected chi connectivity index (χ1v) is 8.96. The summed E-state index contributed by atoms with van der Waals surface area (Å²) in [5, 5.41) is 10.6. The van der Waals surface area contributed by atoms with Crippen molar-refractivity contribution in [3.8, 4) is 28.5 Å². The van der Waals surface area contributed by atoms with Gasteiger partial charge in [-0.15, -0.1) is 0 Å². The summed E-state index contributed by atoms with van der Waals surface area (Å²) in [5.41, 5.74) is 2.25. The highest BCUT2D eigenvalue weighted by molar-refractivity contribution is 5.78. The van der Waals surface area contributed by atoms with E-state index in [-0.39, 0.29) is 18.9 Å². The molecule has 2 heterocycles. The molecule has 0 aliphatic rings. The number of rotatable bonds is 7. The Labute approximate surface area is 166 Å². The van der Waals surface area contributed by atoms with E-state index in [1.165, 1.54) is 0 Å². The van der Waals surface area contributed by atoms with Crippen LogP contribution in [0.5, 0.6) is 5.75 Å². The molecule has 2 aromatic heterocycles. The molecule has 1 N–H and O–H groups in total. The Hall–Kier alpha value is -3.94. The van der Waals surface area contributed by atoms with Crippen molar-refractivity contribution in [2.75, 3.05) is 7.11 Å². The molecule has 0 spiro atoms. The molecule has 8 heteroatoms. The van der Waals surface area contributed by atoms with Crippen molar-refractivity contribution in [3.05, 3.63) is 72.2 Å². The summed E-state index contributed by atoms with van der Waals surface area (Å²) in [6.07, 6.45) is 0.0931. The van der Waals surface area contributed by atoms with Crippen LogP contribution in [0.1, 0.15) is 11.6 Å². The normalized spacial score (nSPS) is 10.7. The highest BCUT2D eigenvalue weighted by Crippen LogP contribution is 2.21. The van der Waals surface area contributed by atoms with E-state index < -0.39 is 0 Å². The fourth-order valence-electron chi connectivity index (χ4n) is 2.72. The molecule has 0 saturated carbocycles. The second-order valence-electron chi connectivity index (χ2n) is 6.24. The van der Waals surface area contributed by atoms with Crippen molar-refractivity contribution < 1.29 is 18.6 Å². The molecule has 0 aliphatic heterocycles. The van der Waals surface area contributed by atoms with E-state index >= 15 is 0 Å². The zero-order chi connectivity index (χ0) is 20.1. The minimum Gasteiger partial charge on any atom is -0.497 e. The Morgan fingerprint density at radius 2 is 1.79 bits per heavy atom. The van der Waals surface area contributed by atoms with Crippen molar-refractivity contribution in [2.45, 2.75) is 13.0 Å². The molecule has 0 bridgehead atoms. The molecule has 0 radical (unpaired) electrons. The van der Waals surface area contributed by atoms with E-state index in [1.54, 1.807) is 13.2 Å². The molecule has 0 unspecified atom stereocenters. The van der Waals surface area contributed by atoms with Gasteiger partial charge in [-0.25, -0.2) is 0 Å². The van der Waals surface area contributed by atoms with Crippen LogP contribution < -0.4 is 10.1 Å². The SMILES string of the molecule is COc1ccc(-c2noc(CNC(=O)Cc3cc(-c4ccccc4)on3)n2)cc1. The number of hydrogen-bond donors (Lipinski definition) is 1. The average molecular weight is 390 g/mol. The van der Waals surface area contributed by atoms with Crippen molar-refractivity contribution in [1.82, 2.24) is 20.6 Å². The predicted molar refractivity (Wildman–Crippen MR) is 104 cm³/mol. The molecular weight excluding hydrogens is 372 g/mol. The maximum Gasteiger partial charge on any atom is 0.246 e. The van der Waals surface area contributed by atoms with Crippen LogP contribution in [0.2, 0.25) is 0 Å². The van der Waals surface area contributed by atoms with Crippen molar-refractivity contribution in [3.63, 3.8) is 0 Å². The van der Waals surface area contributed by atoms with Gasteiger partial charge in [0, 0.05) is 17.2 Å². The smallest absolute Gasteiger partial charge is 0.246 e. The molecule has 8 nitrogen and oxygen atoms in total. The van der Waals surface area contributed by atoms with Crippen LogP contribution in [0.3, 0.4) is 0 Å². The van der Waals surface area contributed by atoms with Crippen LogP contribution in [0, 0.1) is 0 Å². The lowest BCUT2D eigenvalue weighted by molar-refractivity contribution is -0.120. The molecule has 4 aromatic rings. The Balaban J connectivity index is 1.32. The highest BCUT2D eigenvalue weighted by atomic mass is 16.5. The molecule has 1 amide bonds. The van der Waals surface area contributed by atoms with E-state index in [0.29, 0.717) is 23.2 Å². The van der Waals surface area contributed by atoms with Gasteiger partial charge in [-0.3, -0.25) is 4.79 Å². The van der Waals surface area contributed by atoms with E-state index in [0.717, 1.165) is 16.9 Å². The van der Waals surface area contributed by atoms with Crippen molar-refractivity contribution in [2.24, 2.45) is 0 Å². The van der Waals surface area contributed by atoms with Gasteiger partial charge in [0.05, 0.1) is 25.8 Å². The van der Waals surface area contributed by atoms with E-state index in [1.807, 2.05) is 54.6 Å². The third-order valence-electron chi connectivity index (χ3n) is 4.21. The number of ether oxygens (including phenoxy) is 1. The fraction of sp³-hybridized carbons (Fsp3) is 0.143. The summed E-state index contributed by atoms with van der Waals surface area (Å²) in [6.45, 7) is 0.130. The van der Waals surface area contributed by atoms with E-state index in [2.05, 4.69) is 20.6 Å². The van der Waals surface area contributed by atoms with Gasteiger partial charge >= 0.3 is 0 Å². The number of nitrogens with zero attached hydrogens (tertiary/aromatic N) is 3. The first-order chi connectivity index (χ1) is 14.2. The van der Waals surface area contributed by atoms with Gasteiger partial charge < -0.3 is 19.1 Å². The van der Waals surface area contributed by atoms with E-state index in [4.69, 9.17) is 13.8 Å². The van der Waals surface area contributed by atoms with Crippen LogP contribution in [0.15, 0.2) is 69.7 Å². The average Bonchev–Trinajstić information content (AvgIpc) is 3.43. The second-order valence-corrected chi connectivity index (χ2v) is 6.24. The molecule has 2 aromatic carbocycles. The quantitative estimate of drug-likeness (QED) is 0.516. The number of methoxy groups -OCH3 is 1. The highest BCUT2D eigenvalue weighted by Gasteiger charge is 2.13. The number of nitrogens with one attached hydrogen (secondary N) is 1. The van der Waals surface area contributed by atoms with Gasteiger partial charge in [0.2, 0.25) is 17.6 Å². The molecule has 29 heavy (non-hydrogen) atoms. The third-order valence-corrected chi connectivity index (χ3v) is 4.21. The van der Waals surface area contributed by atoms with E-state index in [9.17, 15) is 4.79 Å². The largest absolute Gasteiger partial charge is 0.497 e. The number of hydrogen-bond acceptors (Lipinski definition) is 7. The summed E-state index contributed by atoms with van der Waals surface area (Å²) >= 11 is 0. The number of carbonyl (C=O) groups is 1. The number of amides is 1. The zero-order valence-corrected chi connectivity index (χ0v) is 15.7. The minimum absolute atomic E-state index is 0.0931. The fourth-order valence-corrected chi connectivity index (χ4v) is 2.72. The van der Waals surface area contributed by atoms with Crippen LogP contribution in [-0.4, -0.2) is 28.3 Å². The lowest BCUT2D eigenvalue weighted by Gasteiger charge is -1.99. The van der Waals surface area contributed by atoms with Crippen LogP contribution in [-0.2, 0) is 17.8 Å². The summed E-state index contributed by atoms with van der Waals surface area (Å²) < 4.78 is 15.6. The topological polar surface area (TPSA) is 103 Å². The Morgan fingerprint density at radius 1 is 1.00 bits per heavy atom. The summed E-state index contributed by atoms with van der Waals surface area (Å²) in [6, 6.07) is 18.6. The molecule has 0 aliphatic carbocycles. The standard InChI is InChI=1S/C21H18N4O4/c1-27-17-9-7-15(8-10-17)21-23-20(29-25-21)13-22-19(26)12-16-11-18(28-24-16)14-5-3-2-4-6-14/h2-11H,12-13H2,1H3,(H,22,26). The molecule has 0 fully saturated rings. The van der Waals surface area contributed by atoms with Gasteiger partial charge in [-0.2, -0.15) is 4.98 Å². The molecule has 4 rings (SSSR count). The Morgan fingerprint density at radius 3 is 2.55 bits per heavy atom. The first-order valence-electron chi connectivity index (χ1n) is 8.96. The Bertz CT molecular complexity index is 1090. The van der Waals surface area contributed by atoms with Crippen molar-refractivity contribution >= 4 is 5.91 Å². The predicted octanol–water partition coefficient (Wildman–Crippen LogP) is 3.26. The minimum atomic E-state index is -0.220. The maximum absolute atomic E-state index is 12.2. The van der Waals surface area contributed by atoms with Gasteiger partial charge in [0.1, 0.15) is 5.75 Å². The van der Waals surface area contributed by atoms with Crippen LogP contribution in [0.25, 0.3) is 22.7 Å². The molecule has 146 valence electrons. The van der Waals surface area contributed by atoms with Crippen LogP contribution >= 0.6 is 0 Å². The lowest BCUT2D eigenvalue weighted by Crippen LogP contribution is -2.24. The maximum atomic E-state index is 12.2. The summed E-state index contributed by atoms with van der Waals surface area (Å²) in [5.74, 6) is 1.90. The summed E-state index contributed by atoms with van der Waals surface area (Å²) in [4.78, 5) is 16.5. The van der Waals surface area contributed by atoms with Gasteiger partial charge in [0.25, 0.3) is 0 Å². The molecule has 0 saturated heterocycles. The zero-order valence-electron chi connectivity index (χ0n) is 15.7. The second kappa shape index (κ2) is 8.39. The van der Waals surface area contributed by atoms with Gasteiger partial charge in [-0.1, -0.05) is 40.6 Å². The number of aromatic nitrogens is 3. The molecule has 0 atom stereocenters. The van der Waals surface area contributed by atoms with Gasteiger partial charge in [-0.05, 0) is 24.3 Å². The monoisotopic (exact) mass is 390 g/mol. The summed E-state index contributed by atoms with van der Waals surface area (Å²) in [7, 11) is 1.60. The Kier molecular flexibility index (Phi) is 5.33. The molecular formula is C21H18N4O4. The van der Waals surface area contributed by atoms with Gasteiger partial charge in [0.15, 0.2) is 5.76 Å². The lowest BCUT2D eigenvalue weighted by atomic mass is 10.1. The first kappa shape index (κ1) is 18.4. The van der Waals surface area contributed by atoms with Crippen molar-refractivity contribution in [1.29, 1.82) is 0 Å². The third kappa shape index (κ3) is 4.49. The van der Waals surface area contributed by atoms with Crippen LogP contribution in [0.4, 0.5) is 0 Å². The number of carbonyl (C=O) groups excluding carboxylic acids is 1.